The molecule has 0 atom stereocenters. The molecule has 96 valence electrons. The molecule has 4 nitrogen and oxygen atoms in total. The maximum atomic E-state index is 11.7. The van der Waals surface area contributed by atoms with E-state index in [0.29, 0.717) is 19.6 Å². The van der Waals surface area contributed by atoms with Crippen LogP contribution >= 0.6 is 0 Å². The van der Waals surface area contributed by atoms with Crippen molar-refractivity contribution in [2.24, 2.45) is 0 Å². The fraction of sp³-hybridized carbons (Fsp3) is 0.429. The number of carbonyl (C=O) groups excluding carboxylic acids is 2. The van der Waals surface area contributed by atoms with Crippen LogP contribution in [0.15, 0.2) is 24.3 Å². The van der Waals surface area contributed by atoms with E-state index in [2.05, 4.69) is 5.32 Å². The summed E-state index contributed by atoms with van der Waals surface area (Å²) in [4.78, 5) is 25.0. The molecule has 2 rings (SSSR count). The first kappa shape index (κ1) is 12.6. The molecule has 1 N–H and O–H groups in total. The Morgan fingerprint density at radius 1 is 1.17 bits per heavy atom. The third kappa shape index (κ3) is 3.09. The second-order valence-corrected chi connectivity index (χ2v) is 4.67. The van der Waals surface area contributed by atoms with Gasteiger partial charge in [-0.2, -0.15) is 0 Å². The summed E-state index contributed by atoms with van der Waals surface area (Å²) in [6, 6.07) is 7.89. The smallest absolute Gasteiger partial charge is 0.311 e. The highest BCUT2D eigenvalue weighted by Crippen LogP contribution is 2.07. The van der Waals surface area contributed by atoms with Crippen LogP contribution in [-0.2, 0) is 16.1 Å². The molecule has 0 aliphatic carbocycles. The number of aryl methyl sites for hydroxylation is 1. The predicted molar refractivity (Wildman–Crippen MR) is 68.8 cm³/mol. The van der Waals surface area contributed by atoms with Gasteiger partial charge in [-0.25, -0.2) is 0 Å². The summed E-state index contributed by atoms with van der Waals surface area (Å²) in [5, 5.41) is 2.66. The number of hydrogen-bond donors (Lipinski definition) is 1. The van der Waals surface area contributed by atoms with E-state index in [1.165, 1.54) is 5.56 Å². The van der Waals surface area contributed by atoms with Crippen LogP contribution in [0.1, 0.15) is 24.0 Å². The number of likely N-dealkylation sites (tertiary alicyclic amines) is 1. The Morgan fingerprint density at radius 3 is 2.39 bits per heavy atom. The average molecular weight is 246 g/mol. The Balaban J connectivity index is 1.84. The molecule has 0 bridgehead atoms. The van der Waals surface area contributed by atoms with Gasteiger partial charge in [0.15, 0.2) is 0 Å². The van der Waals surface area contributed by atoms with Crippen LogP contribution in [0.3, 0.4) is 0 Å². The number of hydrogen-bond acceptors (Lipinski definition) is 2. The van der Waals surface area contributed by atoms with E-state index in [9.17, 15) is 9.59 Å². The number of nitrogens with zero attached hydrogens (tertiary/aromatic N) is 1. The van der Waals surface area contributed by atoms with E-state index in [1.54, 1.807) is 4.90 Å². The monoisotopic (exact) mass is 246 g/mol. The van der Waals surface area contributed by atoms with E-state index >= 15 is 0 Å². The fourth-order valence-corrected chi connectivity index (χ4v) is 2.03. The van der Waals surface area contributed by atoms with Crippen LogP contribution in [0.5, 0.6) is 0 Å². The zero-order chi connectivity index (χ0) is 13.0. The average Bonchev–Trinajstić information content (AvgIpc) is 2.90. The summed E-state index contributed by atoms with van der Waals surface area (Å²) < 4.78 is 0. The van der Waals surface area contributed by atoms with Crippen molar-refractivity contribution in [3.8, 4) is 0 Å². The van der Waals surface area contributed by atoms with Crippen LogP contribution in [-0.4, -0.2) is 29.8 Å². The van der Waals surface area contributed by atoms with Gasteiger partial charge in [0.2, 0.25) is 0 Å². The lowest BCUT2D eigenvalue weighted by molar-refractivity contribution is -0.145. The minimum atomic E-state index is -0.502. The molecule has 0 aromatic heterocycles. The maximum absolute atomic E-state index is 11.7. The molecule has 0 saturated carbocycles. The van der Waals surface area contributed by atoms with E-state index in [1.807, 2.05) is 31.2 Å². The summed E-state index contributed by atoms with van der Waals surface area (Å²) in [6.07, 6.45) is 1.99. The Morgan fingerprint density at radius 2 is 1.78 bits per heavy atom. The third-order valence-electron chi connectivity index (χ3n) is 3.16. The second kappa shape index (κ2) is 5.67. The molecular weight excluding hydrogens is 228 g/mol. The summed E-state index contributed by atoms with van der Waals surface area (Å²) in [6.45, 7) is 3.82. The second-order valence-electron chi connectivity index (χ2n) is 4.67. The minimum Gasteiger partial charge on any atom is -0.344 e. The summed E-state index contributed by atoms with van der Waals surface area (Å²) in [5.41, 5.74) is 2.18. The molecule has 1 heterocycles. The first-order valence-corrected chi connectivity index (χ1v) is 6.29. The molecule has 0 unspecified atom stereocenters. The standard InChI is InChI=1S/C14H18N2O2/c1-11-4-6-12(7-5-11)10-15-13(17)14(18)16-8-2-3-9-16/h4-7H,2-3,8-10H2,1H3,(H,15,17). The van der Waals surface area contributed by atoms with Crippen LogP contribution in [0.25, 0.3) is 0 Å². The molecule has 4 heteroatoms. The molecule has 18 heavy (non-hydrogen) atoms. The zero-order valence-corrected chi connectivity index (χ0v) is 10.6. The minimum absolute atomic E-state index is 0.401. The molecule has 1 aliphatic heterocycles. The van der Waals surface area contributed by atoms with Crippen molar-refractivity contribution in [2.45, 2.75) is 26.3 Å². The highest BCUT2D eigenvalue weighted by Gasteiger charge is 2.23. The van der Waals surface area contributed by atoms with Crippen molar-refractivity contribution < 1.29 is 9.59 Å². The van der Waals surface area contributed by atoms with Crippen LogP contribution < -0.4 is 5.32 Å². The van der Waals surface area contributed by atoms with Crippen LogP contribution in [0, 0.1) is 6.92 Å². The van der Waals surface area contributed by atoms with Gasteiger partial charge >= 0.3 is 11.8 Å². The highest BCUT2D eigenvalue weighted by molar-refractivity contribution is 6.35. The Bertz CT molecular complexity index is 434. The summed E-state index contributed by atoms with van der Waals surface area (Å²) >= 11 is 0. The summed E-state index contributed by atoms with van der Waals surface area (Å²) in [7, 11) is 0. The molecule has 1 aromatic rings. The van der Waals surface area contributed by atoms with Crippen molar-refractivity contribution in [3.63, 3.8) is 0 Å². The van der Waals surface area contributed by atoms with Crippen molar-refractivity contribution in [2.75, 3.05) is 13.1 Å². The van der Waals surface area contributed by atoms with Gasteiger partial charge in [-0.1, -0.05) is 29.8 Å². The lowest BCUT2D eigenvalue weighted by atomic mass is 10.1. The number of nitrogens with one attached hydrogen (secondary N) is 1. The number of carbonyl (C=O) groups is 2. The molecule has 0 spiro atoms. The predicted octanol–water partition coefficient (Wildman–Crippen LogP) is 1.23. The topological polar surface area (TPSA) is 49.4 Å². The Hall–Kier alpha value is -1.84. The largest absolute Gasteiger partial charge is 0.344 e. The van der Waals surface area contributed by atoms with Gasteiger partial charge in [-0.05, 0) is 25.3 Å². The zero-order valence-electron chi connectivity index (χ0n) is 10.6. The van der Waals surface area contributed by atoms with Gasteiger partial charge in [0.05, 0.1) is 0 Å². The fourth-order valence-electron chi connectivity index (χ4n) is 2.03. The van der Waals surface area contributed by atoms with E-state index in [-0.39, 0.29) is 0 Å². The normalized spacial score (nSPS) is 14.6. The lowest BCUT2D eigenvalue weighted by Crippen LogP contribution is -2.41. The Kier molecular flexibility index (Phi) is 3.97. The Labute approximate surface area is 107 Å². The molecule has 1 aliphatic rings. The maximum Gasteiger partial charge on any atom is 0.311 e. The lowest BCUT2D eigenvalue weighted by Gasteiger charge is -2.14. The number of amides is 2. The van der Waals surface area contributed by atoms with Crippen molar-refractivity contribution in [1.29, 1.82) is 0 Å². The van der Waals surface area contributed by atoms with Crippen molar-refractivity contribution >= 4 is 11.8 Å². The molecule has 2 amide bonds. The third-order valence-corrected chi connectivity index (χ3v) is 3.16. The van der Waals surface area contributed by atoms with Crippen LogP contribution in [0.2, 0.25) is 0 Å². The first-order chi connectivity index (χ1) is 8.66. The van der Waals surface area contributed by atoms with E-state index < -0.39 is 11.8 Å². The van der Waals surface area contributed by atoms with Gasteiger partial charge in [0.1, 0.15) is 0 Å². The number of rotatable bonds is 2. The molecule has 1 aromatic carbocycles. The van der Waals surface area contributed by atoms with Crippen molar-refractivity contribution in [1.82, 2.24) is 10.2 Å². The van der Waals surface area contributed by atoms with Gasteiger partial charge in [0.25, 0.3) is 0 Å². The quantitative estimate of drug-likeness (QED) is 0.798. The van der Waals surface area contributed by atoms with Gasteiger partial charge < -0.3 is 10.2 Å². The van der Waals surface area contributed by atoms with E-state index in [0.717, 1.165) is 18.4 Å². The summed E-state index contributed by atoms with van der Waals surface area (Å²) in [5.74, 6) is -0.905. The van der Waals surface area contributed by atoms with Crippen molar-refractivity contribution in [3.05, 3.63) is 35.4 Å². The SMILES string of the molecule is Cc1ccc(CNC(=O)C(=O)N2CCCC2)cc1. The highest BCUT2D eigenvalue weighted by atomic mass is 16.2. The van der Waals surface area contributed by atoms with E-state index in [4.69, 9.17) is 0 Å². The van der Waals surface area contributed by atoms with Gasteiger partial charge in [0, 0.05) is 19.6 Å². The van der Waals surface area contributed by atoms with Gasteiger partial charge in [-0.3, -0.25) is 9.59 Å². The molecular formula is C14H18N2O2. The molecule has 1 fully saturated rings. The number of benzene rings is 1. The molecule has 0 radical (unpaired) electrons. The van der Waals surface area contributed by atoms with Gasteiger partial charge in [-0.15, -0.1) is 0 Å². The van der Waals surface area contributed by atoms with Crippen LogP contribution in [0.4, 0.5) is 0 Å². The molecule has 1 saturated heterocycles. The first-order valence-electron chi connectivity index (χ1n) is 6.29.